The van der Waals surface area contributed by atoms with Gasteiger partial charge in [-0.1, -0.05) is 29.2 Å². The van der Waals surface area contributed by atoms with Crippen LogP contribution < -0.4 is 18.9 Å². The fraction of sp³-hybridized carbons (Fsp3) is 0.200. The summed E-state index contributed by atoms with van der Waals surface area (Å²) in [5.74, 6) is 0.879. The van der Waals surface area contributed by atoms with Crippen LogP contribution >= 0.6 is 11.6 Å². The fourth-order valence-corrected chi connectivity index (χ4v) is 1.51. The summed E-state index contributed by atoms with van der Waals surface area (Å²) in [5.41, 5.74) is -0.276. The van der Waals surface area contributed by atoms with E-state index in [1.165, 1.54) is 0 Å². The standard InChI is InChI=1S/C10H10ClN2.Li/c1-10(9-12-6-7-13-9)4-2-8(11)3-5-10;/h2-4,6-7H,1,5H2,(H,12,13);/q-1;+1. The van der Waals surface area contributed by atoms with Crippen molar-refractivity contribution in [3.63, 3.8) is 0 Å². The van der Waals surface area contributed by atoms with Crippen LogP contribution in [0, 0.1) is 6.92 Å². The van der Waals surface area contributed by atoms with Crippen LogP contribution in [0.25, 0.3) is 0 Å². The number of hydrogen-bond acceptors (Lipinski definition) is 1. The zero-order valence-corrected chi connectivity index (χ0v) is 8.88. The average molecular weight is 201 g/mol. The smallest absolute Gasteiger partial charge is 0.350 e. The molecule has 1 aromatic rings. The van der Waals surface area contributed by atoms with Crippen molar-refractivity contribution in [2.75, 3.05) is 0 Å². The number of aromatic amines is 1. The number of hydrogen-bond donors (Lipinski definition) is 1. The molecule has 14 heavy (non-hydrogen) atoms. The second-order valence-electron chi connectivity index (χ2n) is 3.22. The summed E-state index contributed by atoms with van der Waals surface area (Å²) in [4.78, 5) is 7.26. The Kier molecular flexibility index (Phi) is 3.66. The second kappa shape index (κ2) is 4.40. The number of rotatable bonds is 1. The van der Waals surface area contributed by atoms with Gasteiger partial charge in [-0.15, -0.1) is 0 Å². The third kappa shape index (κ3) is 2.14. The maximum Gasteiger partial charge on any atom is 1.00 e. The summed E-state index contributed by atoms with van der Waals surface area (Å²) in [6.45, 7) is 4.12. The predicted octanol–water partition coefficient (Wildman–Crippen LogP) is -0.432. The second-order valence-corrected chi connectivity index (χ2v) is 3.66. The van der Waals surface area contributed by atoms with E-state index in [1.807, 2.05) is 18.2 Å². The van der Waals surface area contributed by atoms with E-state index in [2.05, 4.69) is 16.9 Å². The van der Waals surface area contributed by atoms with Crippen LogP contribution in [-0.2, 0) is 5.41 Å². The van der Waals surface area contributed by atoms with Crippen LogP contribution in [0.4, 0.5) is 0 Å². The molecule has 2 nitrogen and oxygen atoms in total. The van der Waals surface area contributed by atoms with Gasteiger partial charge in [-0.3, -0.25) is 0 Å². The molecule has 0 radical (unpaired) electrons. The van der Waals surface area contributed by atoms with E-state index in [4.69, 9.17) is 11.6 Å². The van der Waals surface area contributed by atoms with E-state index in [0.717, 1.165) is 17.3 Å². The molecule has 1 heterocycles. The molecule has 0 aromatic carbocycles. The summed E-state index contributed by atoms with van der Waals surface area (Å²) < 4.78 is 0. The largest absolute Gasteiger partial charge is 1.00 e. The Balaban J connectivity index is 0.000000980. The van der Waals surface area contributed by atoms with Crippen molar-refractivity contribution in [3.8, 4) is 0 Å². The van der Waals surface area contributed by atoms with Gasteiger partial charge < -0.3 is 11.9 Å². The first-order valence-corrected chi connectivity index (χ1v) is 4.49. The third-order valence-corrected chi connectivity index (χ3v) is 2.47. The van der Waals surface area contributed by atoms with Crippen molar-refractivity contribution in [1.82, 2.24) is 9.97 Å². The van der Waals surface area contributed by atoms with Gasteiger partial charge in [0.15, 0.2) is 0 Å². The molecular formula is C10H10ClLiN2. The first kappa shape index (κ1) is 11.7. The van der Waals surface area contributed by atoms with Crippen LogP contribution in [0.15, 0.2) is 35.7 Å². The molecule has 68 valence electrons. The Morgan fingerprint density at radius 2 is 2.36 bits per heavy atom. The number of nitrogens with zero attached hydrogens (tertiary/aromatic N) is 1. The first-order chi connectivity index (χ1) is 6.21. The van der Waals surface area contributed by atoms with Gasteiger partial charge in [0.2, 0.25) is 0 Å². The normalized spacial score (nSPS) is 25.4. The van der Waals surface area contributed by atoms with Crippen LogP contribution in [-0.4, -0.2) is 9.97 Å². The van der Waals surface area contributed by atoms with Crippen molar-refractivity contribution in [2.45, 2.75) is 11.8 Å². The molecule has 0 saturated carbocycles. The molecule has 0 bridgehead atoms. The van der Waals surface area contributed by atoms with Crippen LogP contribution in [0.3, 0.4) is 0 Å². The molecule has 2 rings (SSSR count). The number of imidazole rings is 1. The molecule has 1 unspecified atom stereocenters. The molecule has 0 fully saturated rings. The zero-order chi connectivity index (χ0) is 9.31. The fourth-order valence-electron chi connectivity index (χ4n) is 1.37. The molecule has 0 aliphatic heterocycles. The summed E-state index contributed by atoms with van der Waals surface area (Å²) in [6, 6.07) is 0. The van der Waals surface area contributed by atoms with E-state index in [9.17, 15) is 0 Å². The van der Waals surface area contributed by atoms with Gasteiger partial charge in [0, 0.05) is 17.4 Å². The maximum atomic E-state index is 5.82. The van der Waals surface area contributed by atoms with Crippen molar-refractivity contribution in [3.05, 3.63) is 48.4 Å². The number of nitrogens with one attached hydrogen (secondary N) is 1. The first-order valence-electron chi connectivity index (χ1n) is 4.11. The predicted molar refractivity (Wildman–Crippen MR) is 53.3 cm³/mol. The summed E-state index contributed by atoms with van der Waals surface area (Å²) in [5, 5.41) is 0.769. The molecule has 1 atom stereocenters. The van der Waals surface area contributed by atoms with Crippen LogP contribution in [0.2, 0.25) is 0 Å². The summed E-state index contributed by atoms with van der Waals surface area (Å²) >= 11 is 5.82. The van der Waals surface area contributed by atoms with E-state index >= 15 is 0 Å². The average Bonchev–Trinajstić information content (AvgIpc) is 2.63. The summed E-state index contributed by atoms with van der Waals surface area (Å²) in [7, 11) is 0. The maximum absolute atomic E-state index is 5.82. The molecule has 1 aliphatic carbocycles. The number of H-pyrrole nitrogens is 1. The molecule has 4 heteroatoms. The third-order valence-electron chi connectivity index (χ3n) is 2.19. The van der Waals surface area contributed by atoms with Gasteiger partial charge >= 0.3 is 18.9 Å². The van der Waals surface area contributed by atoms with Crippen molar-refractivity contribution in [1.29, 1.82) is 0 Å². The number of halogens is 1. The van der Waals surface area contributed by atoms with Crippen molar-refractivity contribution in [2.24, 2.45) is 0 Å². The minimum Gasteiger partial charge on any atom is -0.350 e. The molecule has 1 aromatic heterocycles. The van der Waals surface area contributed by atoms with Crippen molar-refractivity contribution >= 4 is 11.6 Å². The number of aromatic nitrogens is 2. The SMILES string of the molecule is [CH2-]C1(c2ncc[nH]2)C=CC(Cl)=CC1.[Li+]. The Morgan fingerprint density at radius 1 is 1.57 bits per heavy atom. The Hall–Kier alpha value is -0.423. The van der Waals surface area contributed by atoms with E-state index < -0.39 is 0 Å². The van der Waals surface area contributed by atoms with E-state index in [1.54, 1.807) is 12.4 Å². The van der Waals surface area contributed by atoms with Gasteiger partial charge in [0.1, 0.15) is 0 Å². The molecule has 0 spiro atoms. The van der Waals surface area contributed by atoms with Gasteiger partial charge in [0.25, 0.3) is 0 Å². The minimum atomic E-state index is -0.276. The Labute approximate surface area is 101 Å². The summed E-state index contributed by atoms with van der Waals surface area (Å²) in [6.07, 6.45) is 10.1. The van der Waals surface area contributed by atoms with Gasteiger partial charge in [0.05, 0.1) is 5.82 Å². The quantitative estimate of drug-likeness (QED) is 0.484. The zero-order valence-electron chi connectivity index (χ0n) is 8.13. The van der Waals surface area contributed by atoms with Gasteiger partial charge in [-0.2, -0.15) is 0 Å². The monoisotopic (exact) mass is 200 g/mol. The van der Waals surface area contributed by atoms with Crippen LogP contribution in [0.5, 0.6) is 0 Å². The molecule has 1 aliphatic rings. The molecule has 1 N–H and O–H groups in total. The van der Waals surface area contributed by atoms with E-state index in [0.29, 0.717) is 0 Å². The van der Waals surface area contributed by atoms with Crippen molar-refractivity contribution < 1.29 is 18.9 Å². The molecule has 0 amide bonds. The Bertz CT molecular complexity index is 356. The molecular weight excluding hydrogens is 191 g/mol. The molecule has 0 saturated heterocycles. The van der Waals surface area contributed by atoms with Gasteiger partial charge in [-0.25, -0.2) is 4.98 Å². The topological polar surface area (TPSA) is 28.7 Å². The minimum absolute atomic E-state index is 0. The Morgan fingerprint density at radius 3 is 2.86 bits per heavy atom. The van der Waals surface area contributed by atoms with Gasteiger partial charge in [-0.05, 0) is 12.5 Å². The van der Waals surface area contributed by atoms with E-state index in [-0.39, 0.29) is 24.3 Å². The number of allylic oxidation sites excluding steroid dienone is 4. The van der Waals surface area contributed by atoms with Crippen LogP contribution in [0.1, 0.15) is 12.2 Å².